The molecule has 0 bridgehead atoms. The zero-order valence-corrected chi connectivity index (χ0v) is 10.2. The van der Waals surface area contributed by atoms with Crippen molar-refractivity contribution in [3.63, 3.8) is 0 Å². The summed E-state index contributed by atoms with van der Waals surface area (Å²) < 4.78 is 1.82. The van der Waals surface area contributed by atoms with Crippen molar-refractivity contribution in [2.75, 3.05) is 0 Å². The fourth-order valence-corrected chi connectivity index (χ4v) is 3.03. The summed E-state index contributed by atoms with van der Waals surface area (Å²) in [6, 6.07) is 3.02. The fraction of sp³-hybridized carbons (Fsp3) is 0.538. The second-order valence-electron chi connectivity index (χ2n) is 4.85. The van der Waals surface area contributed by atoms with Crippen LogP contribution in [0.4, 0.5) is 0 Å². The van der Waals surface area contributed by atoms with Crippen molar-refractivity contribution in [3.05, 3.63) is 33.7 Å². The molecule has 1 aliphatic rings. The first-order valence-corrected chi connectivity index (χ1v) is 5.91. The maximum Gasteiger partial charge on any atom is 0.329 e. The van der Waals surface area contributed by atoms with E-state index in [1.807, 2.05) is 4.57 Å². The number of aliphatic carboxylic acids is 1. The zero-order chi connectivity index (χ0) is 12.6. The predicted octanol–water partition coefficient (Wildman–Crippen LogP) is 1.82. The van der Waals surface area contributed by atoms with Crippen LogP contribution in [0.5, 0.6) is 0 Å². The van der Waals surface area contributed by atoms with Gasteiger partial charge in [0.05, 0.1) is 0 Å². The number of nitrogens with zero attached hydrogens (tertiary/aromatic N) is 1. The minimum atomic E-state index is -0.845. The van der Waals surface area contributed by atoms with Crippen molar-refractivity contribution in [2.24, 2.45) is 0 Å². The monoisotopic (exact) mass is 235 g/mol. The van der Waals surface area contributed by atoms with E-state index in [1.54, 1.807) is 13.8 Å². The van der Waals surface area contributed by atoms with Crippen LogP contribution in [0.2, 0.25) is 0 Å². The lowest BCUT2D eigenvalue weighted by molar-refractivity contribution is -0.147. The summed E-state index contributed by atoms with van der Waals surface area (Å²) in [6.07, 6.45) is 3.15. The van der Waals surface area contributed by atoms with E-state index in [1.165, 1.54) is 12.1 Å². The molecule has 1 saturated carbocycles. The lowest BCUT2D eigenvalue weighted by Crippen LogP contribution is -2.42. The topological polar surface area (TPSA) is 59.3 Å². The van der Waals surface area contributed by atoms with Crippen LogP contribution in [0.3, 0.4) is 0 Å². The van der Waals surface area contributed by atoms with Crippen molar-refractivity contribution in [1.82, 2.24) is 4.57 Å². The molecule has 0 atom stereocenters. The minimum absolute atomic E-state index is 0.0604. The van der Waals surface area contributed by atoms with Gasteiger partial charge in [-0.2, -0.15) is 0 Å². The Morgan fingerprint density at radius 3 is 2.12 bits per heavy atom. The van der Waals surface area contributed by atoms with E-state index < -0.39 is 11.5 Å². The third kappa shape index (κ3) is 1.77. The molecule has 4 nitrogen and oxygen atoms in total. The highest BCUT2D eigenvalue weighted by Crippen LogP contribution is 2.38. The maximum atomic E-state index is 11.6. The SMILES string of the molecule is Cc1cc(=O)cc(C)n1C1(C(=O)O)CCCC1. The smallest absolute Gasteiger partial charge is 0.329 e. The van der Waals surface area contributed by atoms with E-state index in [0.29, 0.717) is 12.8 Å². The molecule has 0 unspecified atom stereocenters. The van der Waals surface area contributed by atoms with Crippen LogP contribution >= 0.6 is 0 Å². The van der Waals surface area contributed by atoms with Gasteiger partial charge in [-0.15, -0.1) is 0 Å². The summed E-state index contributed by atoms with van der Waals surface area (Å²) in [5.74, 6) is -0.787. The minimum Gasteiger partial charge on any atom is -0.479 e. The van der Waals surface area contributed by atoms with Crippen LogP contribution in [0.25, 0.3) is 0 Å². The van der Waals surface area contributed by atoms with Gasteiger partial charge in [0.25, 0.3) is 0 Å². The lowest BCUT2D eigenvalue weighted by Gasteiger charge is -2.31. The van der Waals surface area contributed by atoms with Gasteiger partial charge in [0, 0.05) is 23.5 Å². The highest BCUT2D eigenvalue weighted by atomic mass is 16.4. The van der Waals surface area contributed by atoms with E-state index in [4.69, 9.17) is 0 Å². The number of carboxylic acids is 1. The van der Waals surface area contributed by atoms with Gasteiger partial charge in [-0.3, -0.25) is 4.79 Å². The van der Waals surface area contributed by atoms with Crippen LogP contribution in [0.1, 0.15) is 37.1 Å². The van der Waals surface area contributed by atoms with Gasteiger partial charge in [-0.05, 0) is 26.7 Å². The highest BCUT2D eigenvalue weighted by molar-refractivity contribution is 5.77. The average Bonchev–Trinajstić information content (AvgIpc) is 2.66. The Morgan fingerprint density at radius 2 is 1.71 bits per heavy atom. The molecule has 0 aliphatic heterocycles. The summed E-state index contributed by atoms with van der Waals surface area (Å²) in [4.78, 5) is 23.0. The van der Waals surface area contributed by atoms with Crippen LogP contribution in [-0.4, -0.2) is 15.6 Å². The number of carbonyl (C=O) groups is 1. The molecule has 0 spiro atoms. The Balaban J connectivity index is 2.66. The van der Waals surface area contributed by atoms with Crippen molar-refractivity contribution >= 4 is 5.97 Å². The van der Waals surface area contributed by atoms with Crippen LogP contribution < -0.4 is 5.43 Å². The number of hydrogen-bond acceptors (Lipinski definition) is 2. The second-order valence-corrected chi connectivity index (χ2v) is 4.85. The molecule has 1 fully saturated rings. The molecule has 92 valence electrons. The quantitative estimate of drug-likeness (QED) is 0.850. The first-order valence-electron chi connectivity index (χ1n) is 5.91. The third-order valence-electron chi connectivity index (χ3n) is 3.66. The Bertz CT molecular complexity index is 484. The molecule has 1 N–H and O–H groups in total. The number of pyridine rings is 1. The maximum absolute atomic E-state index is 11.6. The molecular weight excluding hydrogens is 218 g/mol. The van der Waals surface area contributed by atoms with Crippen molar-refractivity contribution < 1.29 is 9.90 Å². The summed E-state index contributed by atoms with van der Waals surface area (Å²) in [7, 11) is 0. The van der Waals surface area contributed by atoms with E-state index in [-0.39, 0.29) is 5.43 Å². The Labute approximate surface area is 99.9 Å². The summed E-state index contributed by atoms with van der Waals surface area (Å²) in [5.41, 5.74) is 0.565. The fourth-order valence-electron chi connectivity index (χ4n) is 3.03. The Morgan fingerprint density at radius 1 is 1.24 bits per heavy atom. The summed E-state index contributed by atoms with van der Waals surface area (Å²) in [5, 5.41) is 9.54. The number of aryl methyl sites for hydroxylation is 2. The van der Waals surface area contributed by atoms with Crippen LogP contribution in [0.15, 0.2) is 16.9 Å². The number of aromatic nitrogens is 1. The van der Waals surface area contributed by atoms with Gasteiger partial charge in [0.15, 0.2) is 5.43 Å². The number of carboxylic acid groups (broad SMARTS) is 1. The zero-order valence-electron chi connectivity index (χ0n) is 10.2. The molecule has 1 aliphatic carbocycles. The normalized spacial score (nSPS) is 18.2. The molecule has 1 aromatic heterocycles. The molecule has 0 saturated heterocycles. The van der Waals surface area contributed by atoms with Gasteiger partial charge >= 0.3 is 5.97 Å². The van der Waals surface area contributed by atoms with Gasteiger partial charge in [0.2, 0.25) is 0 Å². The molecule has 0 radical (unpaired) electrons. The summed E-state index contributed by atoms with van der Waals surface area (Å²) in [6.45, 7) is 3.61. The van der Waals surface area contributed by atoms with E-state index in [9.17, 15) is 14.7 Å². The molecule has 2 rings (SSSR count). The Hall–Kier alpha value is -1.58. The Kier molecular flexibility index (Phi) is 2.81. The van der Waals surface area contributed by atoms with E-state index in [2.05, 4.69) is 0 Å². The highest BCUT2D eigenvalue weighted by Gasteiger charge is 2.43. The number of hydrogen-bond donors (Lipinski definition) is 1. The molecule has 0 amide bonds. The molecule has 4 heteroatoms. The van der Waals surface area contributed by atoms with Crippen molar-refractivity contribution in [1.29, 1.82) is 0 Å². The van der Waals surface area contributed by atoms with Gasteiger partial charge in [0.1, 0.15) is 5.54 Å². The average molecular weight is 235 g/mol. The predicted molar refractivity (Wildman–Crippen MR) is 64.3 cm³/mol. The largest absolute Gasteiger partial charge is 0.479 e. The first kappa shape index (κ1) is 11.9. The van der Waals surface area contributed by atoms with Crippen molar-refractivity contribution in [3.8, 4) is 0 Å². The first-order chi connectivity index (χ1) is 7.97. The van der Waals surface area contributed by atoms with Gasteiger partial charge in [-0.1, -0.05) is 12.8 Å². The van der Waals surface area contributed by atoms with E-state index >= 15 is 0 Å². The second kappa shape index (κ2) is 4.02. The molecular formula is C13H17NO3. The van der Waals surface area contributed by atoms with Crippen molar-refractivity contribution in [2.45, 2.75) is 45.1 Å². The lowest BCUT2D eigenvalue weighted by atomic mass is 9.95. The standard InChI is InChI=1S/C13H17NO3/c1-9-7-11(15)8-10(2)14(9)13(12(16)17)5-3-4-6-13/h7-8H,3-6H2,1-2H3,(H,16,17). The summed E-state index contributed by atoms with van der Waals surface area (Å²) >= 11 is 0. The van der Waals surface area contributed by atoms with E-state index in [0.717, 1.165) is 24.2 Å². The molecule has 17 heavy (non-hydrogen) atoms. The molecule has 0 aromatic carbocycles. The van der Waals surface area contributed by atoms with Crippen LogP contribution in [0, 0.1) is 13.8 Å². The van der Waals surface area contributed by atoms with Gasteiger partial charge in [-0.25, -0.2) is 4.79 Å². The molecule has 1 heterocycles. The third-order valence-corrected chi connectivity index (χ3v) is 3.66. The van der Waals surface area contributed by atoms with Crippen LogP contribution in [-0.2, 0) is 10.3 Å². The van der Waals surface area contributed by atoms with Gasteiger partial charge < -0.3 is 9.67 Å². The molecule has 1 aromatic rings. The number of rotatable bonds is 2.